The normalized spacial score (nSPS) is 16.5. The summed E-state index contributed by atoms with van der Waals surface area (Å²) in [6, 6.07) is 0. The SMILES string of the molecule is O=C(OC/C=C/C(F)(F)F)C(=O)N1CCOC1. The molecular weight excluding hydrogens is 243 g/mol. The van der Waals surface area contributed by atoms with Crippen molar-refractivity contribution in [2.45, 2.75) is 6.18 Å². The molecular formula is C9H10F3NO4. The summed E-state index contributed by atoms with van der Waals surface area (Å²) in [4.78, 5) is 23.4. The molecule has 0 aliphatic carbocycles. The van der Waals surface area contributed by atoms with Crippen LogP contribution in [-0.2, 0) is 19.1 Å². The summed E-state index contributed by atoms with van der Waals surface area (Å²) in [6.07, 6.45) is -3.91. The second kappa shape index (κ2) is 5.67. The van der Waals surface area contributed by atoms with Gasteiger partial charge in [0, 0.05) is 12.6 Å². The van der Waals surface area contributed by atoms with Gasteiger partial charge in [0.2, 0.25) is 0 Å². The molecule has 1 aliphatic rings. The van der Waals surface area contributed by atoms with Gasteiger partial charge in [-0.25, -0.2) is 4.79 Å². The molecule has 0 radical (unpaired) electrons. The summed E-state index contributed by atoms with van der Waals surface area (Å²) in [5.74, 6) is -2.11. The third-order valence-electron chi connectivity index (χ3n) is 1.83. The zero-order valence-corrected chi connectivity index (χ0v) is 8.70. The Bertz CT molecular complexity index is 321. The second-order valence-electron chi connectivity index (χ2n) is 3.15. The molecule has 1 amide bonds. The average molecular weight is 253 g/mol. The number of carbonyl (C=O) groups excluding carboxylic acids is 2. The number of rotatable bonds is 2. The van der Waals surface area contributed by atoms with Crippen molar-refractivity contribution in [1.29, 1.82) is 0 Å². The highest BCUT2D eigenvalue weighted by molar-refractivity contribution is 6.32. The lowest BCUT2D eigenvalue weighted by atomic mass is 10.5. The maximum absolute atomic E-state index is 11.7. The van der Waals surface area contributed by atoms with Crippen molar-refractivity contribution in [3.63, 3.8) is 0 Å². The monoisotopic (exact) mass is 253 g/mol. The maximum atomic E-state index is 11.7. The fraction of sp³-hybridized carbons (Fsp3) is 0.556. The van der Waals surface area contributed by atoms with Crippen molar-refractivity contribution in [3.8, 4) is 0 Å². The molecule has 1 fully saturated rings. The quantitative estimate of drug-likeness (QED) is 0.407. The van der Waals surface area contributed by atoms with Crippen molar-refractivity contribution in [2.24, 2.45) is 0 Å². The zero-order chi connectivity index (χ0) is 12.9. The third-order valence-corrected chi connectivity index (χ3v) is 1.83. The van der Waals surface area contributed by atoms with E-state index in [1.807, 2.05) is 0 Å². The maximum Gasteiger partial charge on any atom is 0.409 e. The first kappa shape index (κ1) is 13.5. The van der Waals surface area contributed by atoms with Gasteiger partial charge in [-0.15, -0.1) is 0 Å². The molecule has 8 heteroatoms. The van der Waals surface area contributed by atoms with Crippen LogP contribution in [-0.4, -0.2) is 49.4 Å². The lowest BCUT2D eigenvalue weighted by Gasteiger charge is -2.11. The summed E-state index contributed by atoms with van der Waals surface area (Å²) in [6.45, 7) is -0.00950. The standard InChI is InChI=1S/C9H10F3NO4/c10-9(11,12)2-1-4-17-8(15)7(14)13-3-5-16-6-13/h1-2H,3-6H2/b2-1+. The number of carbonyl (C=O) groups is 2. The first-order chi connectivity index (χ1) is 7.90. The Balaban J connectivity index is 2.29. The fourth-order valence-corrected chi connectivity index (χ4v) is 1.07. The molecule has 0 saturated carbocycles. The molecule has 0 aromatic rings. The molecule has 0 unspecified atom stereocenters. The van der Waals surface area contributed by atoms with Crippen LogP contribution in [0, 0.1) is 0 Å². The highest BCUT2D eigenvalue weighted by Gasteiger charge is 2.26. The molecule has 1 rings (SSSR count). The van der Waals surface area contributed by atoms with Crippen molar-refractivity contribution < 1.29 is 32.2 Å². The van der Waals surface area contributed by atoms with Crippen LogP contribution >= 0.6 is 0 Å². The fourth-order valence-electron chi connectivity index (χ4n) is 1.07. The van der Waals surface area contributed by atoms with Gasteiger partial charge in [-0.1, -0.05) is 0 Å². The van der Waals surface area contributed by atoms with Crippen molar-refractivity contribution in [3.05, 3.63) is 12.2 Å². The van der Waals surface area contributed by atoms with Gasteiger partial charge in [0.15, 0.2) is 0 Å². The number of hydrogen-bond donors (Lipinski definition) is 0. The minimum absolute atomic E-state index is 0.00762. The molecule has 0 aromatic carbocycles. The Kier molecular flexibility index (Phi) is 4.50. The molecule has 0 aromatic heterocycles. The number of ether oxygens (including phenoxy) is 2. The van der Waals surface area contributed by atoms with E-state index in [-0.39, 0.29) is 19.4 Å². The van der Waals surface area contributed by atoms with E-state index in [1.165, 1.54) is 0 Å². The molecule has 0 bridgehead atoms. The van der Waals surface area contributed by atoms with Gasteiger partial charge in [0.1, 0.15) is 13.3 Å². The summed E-state index contributed by atoms with van der Waals surface area (Å²) in [7, 11) is 0. The molecule has 5 nitrogen and oxygen atoms in total. The summed E-state index contributed by atoms with van der Waals surface area (Å²) in [5, 5.41) is 0. The molecule has 0 spiro atoms. The van der Waals surface area contributed by atoms with Crippen molar-refractivity contribution in [1.82, 2.24) is 4.90 Å². The minimum Gasteiger partial charge on any atom is -0.454 e. The molecule has 1 heterocycles. The number of amides is 1. The Hall–Kier alpha value is -1.57. The van der Waals surface area contributed by atoms with Gasteiger partial charge >= 0.3 is 18.1 Å². The van der Waals surface area contributed by atoms with E-state index >= 15 is 0 Å². The molecule has 0 N–H and O–H groups in total. The minimum atomic E-state index is -4.46. The van der Waals surface area contributed by atoms with E-state index in [0.717, 1.165) is 4.90 Å². The smallest absolute Gasteiger partial charge is 0.409 e. The molecule has 1 saturated heterocycles. The van der Waals surface area contributed by atoms with E-state index in [1.54, 1.807) is 0 Å². The Labute approximate surface area is 94.8 Å². The predicted octanol–water partition coefficient (Wildman–Crippen LogP) is 0.464. The number of halogens is 3. The van der Waals surface area contributed by atoms with Gasteiger partial charge in [-0.2, -0.15) is 13.2 Å². The van der Waals surface area contributed by atoms with E-state index in [9.17, 15) is 22.8 Å². The number of alkyl halides is 3. The highest BCUT2D eigenvalue weighted by Crippen LogP contribution is 2.15. The Morgan fingerprint density at radius 2 is 2.12 bits per heavy atom. The van der Waals surface area contributed by atoms with Crippen LogP contribution in [0.1, 0.15) is 0 Å². The lowest BCUT2D eigenvalue weighted by molar-refractivity contribution is -0.159. The van der Waals surface area contributed by atoms with E-state index < -0.39 is 24.7 Å². The third kappa shape index (κ3) is 4.85. The van der Waals surface area contributed by atoms with Crippen molar-refractivity contribution in [2.75, 3.05) is 26.5 Å². The molecule has 17 heavy (non-hydrogen) atoms. The lowest BCUT2D eigenvalue weighted by Crippen LogP contribution is -2.35. The van der Waals surface area contributed by atoms with Gasteiger partial charge < -0.3 is 14.4 Å². The number of nitrogens with zero attached hydrogens (tertiary/aromatic N) is 1. The van der Waals surface area contributed by atoms with Gasteiger partial charge in [0.05, 0.1) is 6.61 Å². The van der Waals surface area contributed by atoms with E-state index in [4.69, 9.17) is 4.74 Å². The van der Waals surface area contributed by atoms with Crippen LogP contribution in [0.5, 0.6) is 0 Å². The molecule has 1 aliphatic heterocycles. The predicted molar refractivity (Wildman–Crippen MR) is 48.7 cm³/mol. The largest absolute Gasteiger partial charge is 0.454 e. The van der Waals surface area contributed by atoms with Crippen LogP contribution in [0.2, 0.25) is 0 Å². The topological polar surface area (TPSA) is 55.8 Å². The zero-order valence-electron chi connectivity index (χ0n) is 8.70. The number of esters is 1. The Morgan fingerprint density at radius 1 is 1.41 bits per heavy atom. The summed E-state index contributed by atoms with van der Waals surface area (Å²) >= 11 is 0. The van der Waals surface area contributed by atoms with Crippen LogP contribution in [0.25, 0.3) is 0 Å². The summed E-state index contributed by atoms with van der Waals surface area (Å²) < 4.78 is 44.2. The average Bonchev–Trinajstić information content (AvgIpc) is 2.74. The van der Waals surface area contributed by atoms with Gasteiger partial charge in [-0.3, -0.25) is 4.79 Å². The highest BCUT2D eigenvalue weighted by atomic mass is 19.4. The second-order valence-corrected chi connectivity index (χ2v) is 3.15. The first-order valence-electron chi connectivity index (χ1n) is 4.68. The van der Waals surface area contributed by atoms with Crippen LogP contribution < -0.4 is 0 Å². The molecule has 96 valence electrons. The summed E-state index contributed by atoms with van der Waals surface area (Å²) in [5.41, 5.74) is 0. The van der Waals surface area contributed by atoms with Gasteiger partial charge in [-0.05, 0) is 6.08 Å². The number of hydrogen-bond acceptors (Lipinski definition) is 4. The van der Waals surface area contributed by atoms with Crippen LogP contribution in [0.15, 0.2) is 12.2 Å². The van der Waals surface area contributed by atoms with Gasteiger partial charge in [0.25, 0.3) is 0 Å². The van der Waals surface area contributed by atoms with Crippen molar-refractivity contribution >= 4 is 11.9 Å². The van der Waals surface area contributed by atoms with E-state index in [0.29, 0.717) is 12.7 Å². The van der Waals surface area contributed by atoms with E-state index in [2.05, 4.69) is 4.74 Å². The van der Waals surface area contributed by atoms with Crippen LogP contribution in [0.4, 0.5) is 13.2 Å². The first-order valence-corrected chi connectivity index (χ1v) is 4.68. The molecule has 0 atom stereocenters. The Morgan fingerprint density at radius 3 is 2.65 bits per heavy atom. The number of allylic oxidation sites excluding steroid dienone is 1. The van der Waals surface area contributed by atoms with Crippen LogP contribution in [0.3, 0.4) is 0 Å².